The lowest BCUT2D eigenvalue weighted by molar-refractivity contribution is 0.111. The maximum atomic E-state index is 4.53. The molecule has 4 radical (unpaired) electrons. The van der Waals surface area contributed by atoms with Gasteiger partial charge in [0.2, 0.25) is 0 Å². The first kappa shape index (κ1) is 6.53. The summed E-state index contributed by atoms with van der Waals surface area (Å²) in [5, 5.41) is -0.697. The minimum absolute atomic E-state index is 0.697. The van der Waals surface area contributed by atoms with Crippen LogP contribution in [0.15, 0.2) is 0 Å². The van der Waals surface area contributed by atoms with E-state index in [1.807, 2.05) is 0 Å². The van der Waals surface area contributed by atoms with Gasteiger partial charge in [0.25, 0.3) is 16.1 Å². The van der Waals surface area contributed by atoms with Crippen LogP contribution in [0.1, 0.15) is 0 Å². The Kier molecular flexibility index (Phi) is 4.04. The van der Waals surface area contributed by atoms with Crippen molar-refractivity contribution in [3.8, 4) is 0 Å². The van der Waals surface area contributed by atoms with E-state index >= 15 is 0 Å². The molecule has 0 aromatic rings. The Labute approximate surface area is 47.2 Å². The van der Waals surface area contributed by atoms with E-state index < -0.39 is 5.20 Å². The van der Waals surface area contributed by atoms with Crippen molar-refractivity contribution in [1.29, 1.82) is 0 Å². The molecule has 0 fully saturated rings. The molecule has 0 bridgehead atoms. The molecule has 0 amide bonds. The van der Waals surface area contributed by atoms with Crippen molar-refractivity contribution >= 4 is 32.0 Å². The van der Waals surface area contributed by atoms with E-state index in [2.05, 4.69) is 41.3 Å². The van der Waals surface area contributed by atoms with Gasteiger partial charge < -0.3 is 9.31 Å². The Hall–Kier alpha value is 0.530. The van der Waals surface area contributed by atoms with Crippen LogP contribution in [0, 0.1) is 0 Å². The van der Waals surface area contributed by atoms with E-state index in [-0.39, 0.29) is 0 Å². The van der Waals surface area contributed by atoms with Crippen molar-refractivity contribution in [1.82, 2.24) is 0 Å². The third-order valence-corrected chi connectivity index (χ3v) is 0.646. The third kappa shape index (κ3) is 2.75. The van der Waals surface area contributed by atoms with Gasteiger partial charge in [-0.15, -0.1) is 0 Å². The van der Waals surface area contributed by atoms with E-state index in [4.69, 9.17) is 0 Å². The Bertz CT molecular complexity index is 30.7. The quantitative estimate of drug-likeness (QED) is 0.307. The Morgan fingerprint density at radius 1 is 1.33 bits per heavy atom. The smallest absolute Gasteiger partial charge is 0.287 e. The van der Waals surface area contributed by atoms with Crippen molar-refractivity contribution in [3.05, 3.63) is 0 Å². The van der Waals surface area contributed by atoms with Gasteiger partial charge in [-0.05, 0) is 15.9 Å². The van der Waals surface area contributed by atoms with Gasteiger partial charge in [-0.25, -0.2) is 0 Å². The van der Waals surface area contributed by atoms with Crippen molar-refractivity contribution in [2.24, 2.45) is 0 Å². The van der Waals surface area contributed by atoms with Gasteiger partial charge in [0.1, 0.15) is 0 Å². The van der Waals surface area contributed by atoms with E-state index in [1.54, 1.807) is 0 Å². The molecule has 0 N–H and O–H groups in total. The highest BCUT2D eigenvalue weighted by Crippen LogP contribution is 1.96. The molecule has 6 heavy (non-hydrogen) atoms. The molecule has 0 aliphatic rings. The summed E-state index contributed by atoms with van der Waals surface area (Å²) in [5.74, 6) is 0. The maximum Gasteiger partial charge on any atom is 0.287 e. The SMILES string of the molecule is [B]OC(Br)O[B]. The Morgan fingerprint density at radius 2 is 1.67 bits per heavy atom. The van der Waals surface area contributed by atoms with Crippen LogP contribution in [0.25, 0.3) is 0 Å². The van der Waals surface area contributed by atoms with E-state index in [9.17, 15) is 0 Å². The molecule has 5 heteroatoms. The zero-order valence-corrected chi connectivity index (χ0v) is 4.51. The third-order valence-electron chi connectivity index (χ3n) is 0.214. The van der Waals surface area contributed by atoms with Crippen molar-refractivity contribution in [2.45, 2.75) is 5.20 Å². The molecule has 0 saturated heterocycles. The normalized spacial score (nSPS) is 9.67. The summed E-state index contributed by atoms with van der Waals surface area (Å²) in [6.45, 7) is 0. The summed E-state index contributed by atoms with van der Waals surface area (Å²) in [7, 11) is 9.06. The Balaban J connectivity index is 2.75. The van der Waals surface area contributed by atoms with Gasteiger partial charge in [-0.3, -0.25) is 0 Å². The molecule has 0 aliphatic carbocycles. The molecule has 0 aliphatic heterocycles. The summed E-state index contributed by atoms with van der Waals surface area (Å²) in [5.41, 5.74) is 0. The topological polar surface area (TPSA) is 18.5 Å². The number of halogens is 1. The van der Waals surface area contributed by atoms with Gasteiger partial charge in [-0.1, -0.05) is 0 Å². The van der Waals surface area contributed by atoms with Crippen molar-refractivity contribution in [3.63, 3.8) is 0 Å². The van der Waals surface area contributed by atoms with Crippen molar-refractivity contribution in [2.75, 3.05) is 0 Å². The average molecular weight is 147 g/mol. The lowest BCUT2D eigenvalue weighted by Gasteiger charge is -2.02. The van der Waals surface area contributed by atoms with Crippen LogP contribution in [-0.2, 0) is 9.31 Å². The maximum absolute atomic E-state index is 4.53. The number of hydrogen-bond donors (Lipinski definition) is 0. The molecule has 0 aromatic heterocycles. The molecule has 0 unspecified atom stereocenters. The summed E-state index contributed by atoms with van der Waals surface area (Å²) in [6.07, 6.45) is 0. The minimum Gasteiger partial charge on any atom is -0.417 e. The molecule has 0 aromatic carbocycles. The molecular formula is CHB2BrO2. The standard InChI is InChI=1S/CHB2BrO2/c2-5-1(4)6-3/h1H. The predicted octanol–water partition coefficient (Wildman–Crippen LogP) is -0.135. The van der Waals surface area contributed by atoms with Gasteiger partial charge in [-0.2, -0.15) is 0 Å². The van der Waals surface area contributed by atoms with Gasteiger partial charge in [0, 0.05) is 0 Å². The lowest BCUT2D eigenvalue weighted by Crippen LogP contribution is -2.03. The summed E-state index contributed by atoms with van der Waals surface area (Å²) in [6, 6.07) is 0. The molecule has 0 rings (SSSR count). The van der Waals surface area contributed by atoms with Gasteiger partial charge in [0.15, 0.2) is 5.20 Å². The zero-order valence-electron chi connectivity index (χ0n) is 2.93. The lowest BCUT2D eigenvalue weighted by atomic mass is 10.6. The van der Waals surface area contributed by atoms with Crippen LogP contribution in [0.3, 0.4) is 0 Å². The highest BCUT2D eigenvalue weighted by atomic mass is 79.9. The Morgan fingerprint density at radius 3 is 1.67 bits per heavy atom. The molecule has 30 valence electrons. The largest absolute Gasteiger partial charge is 0.417 e. The zero-order chi connectivity index (χ0) is 4.99. The first-order valence-corrected chi connectivity index (χ1v) is 2.08. The second kappa shape index (κ2) is 3.71. The summed E-state index contributed by atoms with van der Waals surface area (Å²) < 4.78 is 7.94. The second-order valence-electron chi connectivity index (χ2n) is 0.547. The van der Waals surface area contributed by atoms with E-state index in [0.29, 0.717) is 0 Å². The van der Waals surface area contributed by atoms with Crippen LogP contribution in [0.2, 0.25) is 0 Å². The fourth-order valence-electron chi connectivity index (χ4n) is 0.0321. The highest BCUT2D eigenvalue weighted by Gasteiger charge is 1.89. The highest BCUT2D eigenvalue weighted by molar-refractivity contribution is 9.09. The minimum atomic E-state index is -0.697. The summed E-state index contributed by atoms with van der Waals surface area (Å²) >= 11 is 2.78. The first-order chi connectivity index (χ1) is 2.81. The van der Waals surface area contributed by atoms with Crippen LogP contribution < -0.4 is 0 Å². The van der Waals surface area contributed by atoms with Crippen LogP contribution >= 0.6 is 15.9 Å². The number of hydrogen-bond acceptors (Lipinski definition) is 2. The molecule has 0 spiro atoms. The molecule has 0 saturated carbocycles. The molecule has 2 nitrogen and oxygen atoms in total. The van der Waals surface area contributed by atoms with E-state index in [1.165, 1.54) is 0 Å². The van der Waals surface area contributed by atoms with E-state index in [0.717, 1.165) is 0 Å². The fourth-order valence-corrected chi connectivity index (χ4v) is 0.0321. The molecular weight excluding hydrogens is 146 g/mol. The molecule has 0 atom stereocenters. The summed E-state index contributed by atoms with van der Waals surface area (Å²) in [4.78, 5) is 0. The predicted molar refractivity (Wildman–Crippen MR) is 26.4 cm³/mol. The first-order valence-electron chi connectivity index (χ1n) is 1.16. The van der Waals surface area contributed by atoms with Gasteiger partial charge >= 0.3 is 0 Å². The second-order valence-corrected chi connectivity index (χ2v) is 1.29. The monoisotopic (exact) mass is 146 g/mol. The fraction of sp³-hybridized carbons (Fsp3) is 1.00. The number of alkyl halides is 1. The van der Waals surface area contributed by atoms with Crippen LogP contribution in [0.5, 0.6) is 0 Å². The van der Waals surface area contributed by atoms with Crippen LogP contribution in [0.4, 0.5) is 0 Å². The van der Waals surface area contributed by atoms with Gasteiger partial charge in [0.05, 0.1) is 0 Å². The van der Waals surface area contributed by atoms with Crippen LogP contribution in [-0.4, -0.2) is 21.3 Å². The van der Waals surface area contributed by atoms with Crippen molar-refractivity contribution < 1.29 is 9.31 Å². The average Bonchev–Trinajstić information content (AvgIpc) is 1.65. The molecule has 0 heterocycles. The number of rotatable bonds is 2.